The van der Waals surface area contributed by atoms with Gasteiger partial charge in [-0.3, -0.25) is 4.79 Å². The van der Waals surface area contributed by atoms with Gasteiger partial charge in [-0.1, -0.05) is 18.2 Å². The van der Waals surface area contributed by atoms with Crippen molar-refractivity contribution in [2.24, 2.45) is 0 Å². The third-order valence-electron chi connectivity index (χ3n) is 6.19. The average molecular weight is 525 g/mol. The maximum absolute atomic E-state index is 13.5. The third kappa shape index (κ3) is 6.36. The lowest BCUT2D eigenvalue weighted by Gasteiger charge is -2.23. The van der Waals surface area contributed by atoms with Gasteiger partial charge in [0, 0.05) is 57.0 Å². The summed E-state index contributed by atoms with van der Waals surface area (Å²) in [5, 5.41) is 14.3. The van der Waals surface area contributed by atoms with Crippen LogP contribution < -0.4 is 15.1 Å². The van der Waals surface area contributed by atoms with E-state index in [4.69, 9.17) is 4.74 Å². The summed E-state index contributed by atoms with van der Waals surface area (Å²) >= 11 is 1.59. The minimum absolute atomic E-state index is 0.145. The zero-order valence-electron chi connectivity index (χ0n) is 21.3. The fourth-order valence-electron chi connectivity index (χ4n) is 4.11. The number of thiophene rings is 1. The molecule has 0 bridgehead atoms. The van der Waals surface area contributed by atoms with Gasteiger partial charge in [0.05, 0.1) is 12.7 Å². The highest BCUT2D eigenvalue weighted by Crippen LogP contribution is 2.29. The van der Waals surface area contributed by atoms with E-state index in [-0.39, 0.29) is 12.0 Å². The van der Waals surface area contributed by atoms with Gasteiger partial charge < -0.3 is 29.9 Å². The molecule has 1 aromatic carbocycles. The predicted octanol–water partition coefficient (Wildman–Crippen LogP) is 4.32. The van der Waals surface area contributed by atoms with Crippen LogP contribution in [-0.2, 0) is 11.3 Å². The summed E-state index contributed by atoms with van der Waals surface area (Å²) in [6.45, 7) is 4.50. The Morgan fingerprint density at radius 1 is 1.30 bits per heavy atom. The molecule has 3 heterocycles. The second-order valence-corrected chi connectivity index (χ2v) is 9.80. The van der Waals surface area contributed by atoms with Crippen molar-refractivity contribution in [3.63, 3.8) is 0 Å². The number of carbonyl (C=O) groups excluding carboxylic acids is 1. The molecular weight excluding hydrogens is 492 g/mol. The molecule has 0 spiro atoms. The van der Waals surface area contributed by atoms with Crippen LogP contribution in [0.4, 0.5) is 22.2 Å². The van der Waals surface area contributed by atoms with Crippen LogP contribution in [0.3, 0.4) is 0 Å². The number of hydrogen-bond donors (Lipinski definition) is 2. The quantitative estimate of drug-likeness (QED) is 0.403. The summed E-state index contributed by atoms with van der Waals surface area (Å²) in [7, 11) is 3.48. The number of hydrogen-bond acceptors (Lipinski definition) is 8. The second-order valence-electron chi connectivity index (χ2n) is 8.82. The van der Waals surface area contributed by atoms with Crippen LogP contribution in [0.5, 0.6) is 0 Å². The summed E-state index contributed by atoms with van der Waals surface area (Å²) in [6.07, 6.45) is 0.944. The number of rotatable bonds is 10. The fourth-order valence-corrected chi connectivity index (χ4v) is 4.92. The van der Waals surface area contributed by atoms with Crippen LogP contribution >= 0.6 is 11.3 Å². The Morgan fingerprint density at radius 2 is 2.14 bits per heavy atom. The SMILES string of the molecule is CCNc1ncc2c(n1)N(C)CCN(c1cccc(COC(CCN(C)C(=O)O)c3cccs3)c1)C2=O. The fraction of sp³-hybridized carbons (Fsp3) is 0.385. The monoisotopic (exact) mass is 524 g/mol. The average Bonchev–Trinajstić information content (AvgIpc) is 3.40. The summed E-state index contributed by atoms with van der Waals surface area (Å²) in [4.78, 5) is 39.6. The van der Waals surface area contributed by atoms with Crippen LogP contribution in [0.25, 0.3) is 0 Å². The Hall–Kier alpha value is -3.70. The van der Waals surface area contributed by atoms with Crippen LogP contribution in [0.2, 0.25) is 0 Å². The van der Waals surface area contributed by atoms with Gasteiger partial charge in [0.25, 0.3) is 5.91 Å². The Balaban J connectivity index is 1.50. The van der Waals surface area contributed by atoms with Gasteiger partial charge in [0.15, 0.2) is 0 Å². The molecule has 1 aliphatic heterocycles. The van der Waals surface area contributed by atoms with Crippen LogP contribution in [0.15, 0.2) is 48.0 Å². The molecule has 4 rings (SSSR count). The molecule has 0 aliphatic carbocycles. The molecule has 0 radical (unpaired) electrons. The molecule has 196 valence electrons. The normalized spacial score (nSPS) is 14.2. The number of anilines is 3. The second kappa shape index (κ2) is 12.0. The van der Waals surface area contributed by atoms with E-state index >= 15 is 0 Å². The molecule has 2 amide bonds. The van der Waals surface area contributed by atoms with Crippen molar-refractivity contribution in [2.75, 3.05) is 55.4 Å². The lowest BCUT2D eigenvalue weighted by molar-refractivity contribution is 0.0310. The number of benzene rings is 1. The van der Waals surface area contributed by atoms with Gasteiger partial charge in [0.2, 0.25) is 5.95 Å². The molecule has 2 aromatic heterocycles. The van der Waals surface area contributed by atoms with Crippen molar-refractivity contribution in [1.82, 2.24) is 14.9 Å². The first kappa shape index (κ1) is 26.4. The summed E-state index contributed by atoms with van der Waals surface area (Å²) in [6, 6.07) is 11.7. The molecule has 11 heteroatoms. The minimum atomic E-state index is -0.963. The number of carbonyl (C=O) groups is 2. The van der Waals surface area contributed by atoms with Crippen molar-refractivity contribution in [3.05, 3.63) is 64.0 Å². The van der Waals surface area contributed by atoms with E-state index in [1.54, 1.807) is 29.5 Å². The first-order valence-corrected chi connectivity index (χ1v) is 13.1. The van der Waals surface area contributed by atoms with Crippen molar-refractivity contribution in [3.8, 4) is 0 Å². The maximum Gasteiger partial charge on any atom is 0.407 e. The molecule has 2 N–H and O–H groups in total. The van der Waals surface area contributed by atoms with Gasteiger partial charge in [-0.2, -0.15) is 4.98 Å². The van der Waals surface area contributed by atoms with Crippen molar-refractivity contribution in [1.29, 1.82) is 0 Å². The number of likely N-dealkylation sites (N-methyl/N-ethyl adjacent to an activating group) is 1. The summed E-state index contributed by atoms with van der Waals surface area (Å²) in [5.74, 6) is 0.972. The van der Waals surface area contributed by atoms with Gasteiger partial charge in [-0.05, 0) is 42.5 Å². The number of carboxylic acid groups (broad SMARTS) is 1. The largest absolute Gasteiger partial charge is 0.465 e. The molecule has 10 nitrogen and oxygen atoms in total. The smallest absolute Gasteiger partial charge is 0.407 e. The highest BCUT2D eigenvalue weighted by atomic mass is 32.1. The Labute approximate surface area is 220 Å². The Morgan fingerprint density at radius 3 is 2.86 bits per heavy atom. The van der Waals surface area contributed by atoms with E-state index in [0.717, 1.165) is 16.1 Å². The molecule has 3 aromatic rings. The number of ether oxygens (including phenoxy) is 1. The number of nitrogens with one attached hydrogen (secondary N) is 1. The molecule has 1 unspecified atom stereocenters. The van der Waals surface area contributed by atoms with Gasteiger partial charge >= 0.3 is 6.09 Å². The lowest BCUT2D eigenvalue weighted by atomic mass is 10.1. The highest BCUT2D eigenvalue weighted by molar-refractivity contribution is 7.10. The molecule has 0 saturated heterocycles. The number of aromatic nitrogens is 2. The Bertz CT molecular complexity index is 1220. The zero-order chi connectivity index (χ0) is 26.4. The van der Waals surface area contributed by atoms with Crippen molar-refractivity contribution < 1.29 is 19.4 Å². The maximum atomic E-state index is 13.5. The molecular formula is C26H32N6O4S. The van der Waals surface area contributed by atoms with Crippen LogP contribution in [0.1, 0.15) is 40.2 Å². The first-order valence-electron chi connectivity index (χ1n) is 12.2. The third-order valence-corrected chi connectivity index (χ3v) is 7.15. The van der Waals surface area contributed by atoms with Gasteiger partial charge in [-0.15, -0.1) is 11.3 Å². The minimum Gasteiger partial charge on any atom is -0.465 e. The Kier molecular flexibility index (Phi) is 8.57. The van der Waals surface area contributed by atoms with E-state index in [1.165, 1.54) is 4.90 Å². The molecule has 37 heavy (non-hydrogen) atoms. The standard InChI is InChI=1S/C26H32N6O4S/c1-4-27-25-28-16-20-23(29-25)30(2)12-13-32(24(20)33)19-8-5-7-18(15-19)17-36-21(22-9-6-14-37-22)10-11-31(3)26(34)35/h5-9,14-16,21H,4,10-13,17H2,1-3H3,(H,34,35)(H,27,28,29). The molecule has 1 atom stereocenters. The van der Waals surface area contributed by atoms with Crippen LogP contribution in [-0.4, -0.2) is 72.2 Å². The summed E-state index contributed by atoms with van der Waals surface area (Å²) < 4.78 is 6.26. The lowest BCUT2D eigenvalue weighted by Crippen LogP contribution is -2.33. The van der Waals surface area contributed by atoms with E-state index in [2.05, 4.69) is 15.3 Å². The summed E-state index contributed by atoms with van der Waals surface area (Å²) in [5.41, 5.74) is 2.17. The van der Waals surface area contributed by atoms with E-state index in [1.807, 2.05) is 60.6 Å². The molecule has 0 fully saturated rings. The first-order chi connectivity index (χ1) is 17.9. The molecule has 1 aliphatic rings. The van der Waals surface area contributed by atoms with Crippen LogP contribution in [0, 0.1) is 0 Å². The van der Waals surface area contributed by atoms with Crippen molar-refractivity contribution >= 4 is 40.8 Å². The van der Waals surface area contributed by atoms with Gasteiger partial charge in [-0.25, -0.2) is 9.78 Å². The predicted molar refractivity (Wildman–Crippen MR) is 145 cm³/mol. The number of nitrogens with zero attached hydrogens (tertiary/aromatic N) is 5. The van der Waals surface area contributed by atoms with E-state index in [0.29, 0.717) is 56.5 Å². The number of fused-ring (bicyclic) bond motifs is 1. The number of amides is 2. The van der Waals surface area contributed by atoms with E-state index < -0.39 is 6.09 Å². The van der Waals surface area contributed by atoms with Crippen molar-refractivity contribution in [2.45, 2.75) is 26.1 Å². The topological polar surface area (TPSA) is 111 Å². The highest BCUT2D eigenvalue weighted by Gasteiger charge is 2.28. The zero-order valence-corrected chi connectivity index (χ0v) is 22.1. The van der Waals surface area contributed by atoms with E-state index in [9.17, 15) is 14.7 Å². The van der Waals surface area contributed by atoms with Gasteiger partial charge in [0.1, 0.15) is 11.4 Å². The molecule has 0 saturated carbocycles.